The molecule has 7 heteroatoms. The van der Waals surface area contributed by atoms with Gasteiger partial charge in [0, 0.05) is 29.9 Å². The Kier molecular flexibility index (Phi) is 4.71. The molecule has 2 aromatic carbocycles. The van der Waals surface area contributed by atoms with Gasteiger partial charge in [0.1, 0.15) is 11.4 Å². The molecule has 0 saturated carbocycles. The number of likely N-dealkylation sites (tertiary alicyclic amines) is 1. The number of hydrogen-bond donors (Lipinski definition) is 1. The first-order chi connectivity index (χ1) is 14.7. The summed E-state index contributed by atoms with van der Waals surface area (Å²) < 4.78 is 10.9. The number of fused-ring (bicyclic) bond motifs is 1. The van der Waals surface area contributed by atoms with E-state index in [9.17, 15) is 4.79 Å². The van der Waals surface area contributed by atoms with Crippen LogP contribution < -0.4 is 4.74 Å². The van der Waals surface area contributed by atoms with Crippen LogP contribution in [0.25, 0.3) is 22.4 Å². The highest BCUT2D eigenvalue weighted by Gasteiger charge is 2.28. The number of benzene rings is 2. The number of H-pyrrole nitrogens is 1. The Morgan fingerprint density at radius 3 is 2.70 bits per heavy atom. The van der Waals surface area contributed by atoms with Crippen molar-refractivity contribution in [2.45, 2.75) is 18.8 Å². The zero-order chi connectivity index (χ0) is 20.5. The number of aromatic amines is 1. The molecule has 3 heterocycles. The van der Waals surface area contributed by atoms with Crippen LogP contribution in [0.2, 0.25) is 0 Å². The first kappa shape index (κ1) is 18.4. The predicted octanol–water partition coefficient (Wildman–Crippen LogP) is 4.25. The van der Waals surface area contributed by atoms with E-state index in [1.54, 1.807) is 7.11 Å². The second-order valence-corrected chi connectivity index (χ2v) is 7.49. The van der Waals surface area contributed by atoms with Gasteiger partial charge in [0.2, 0.25) is 0 Å². The number of carbonyl (C=O) groups is 1. The molecule has 1 saturated heterocycles. The van der Waals surface area contributed by atoms with Gasteiger partial charge in [0.05, 0.1) is 12.7 Å². The van der Waals surface area contributed by atoms with E-state index in [0.29, 0.717) is 36.2 Å². The van der Waals surface area contributed by atoms with Gasteiger partial charge in [0.15, 0.2) is 5.82 Å². The first-order valence-electron chi connectivity index (χ1n) is 10.1. The van der Waals surface area contributed by atoms with Gasteiger partial charge in [0.25, 0.3) is 11.8 Å². The Balaban J connectivity index is 1.27. The molecule has 0 aliphatic carbocycles. The molecule has 30 heavy (non-hydrogen) atoms. The largest absolute Gasteiger partial charge is 0.496 e. The first-order valence-corrected chi connectivity index (χ1v) is 10.1. The van der Waals surface area contributed by atoms with Crippen molar-refractivity contribution < 1.29 is 14.1 Å². The van der Waals surface area contributed by atoms with Crippen molar-refractivity contribution >= 4 is 16.8 Å². The average Bonchev–Trinajstić information content (AvgIpc) is 3.46. The molecular weight excluding hydrogens is 380 g/mol. The number of nitrogens with zero attached hydrogens (tertiary/aromatic N) is 3. The fourth-order valence-electron chi connectivity index (χ4n) is 4.03. The minimum Gasteiger partial charge on any atom is -0.496 e. The second-order valence-electron chi connectivity index (χ2n) is 7.49. The van der Waals surface area contributed by atoms with Crippen molar-refractivity contribution in [3.63, 3.8) is 0 Å². The number of piperidine rings is 1. The van der Waals surface area contributed by atoms with Crippen molar-refractivity contribution in [3.05, 3.63) is 66.1 Å². The molecule has 5 rings (SSSR count). The lowest BCUT2D eigenvalue weighted by Crippen LogP contribution is -2.38. The summed E-state index contributed by atoms with van der Waals surface area (Å²) in [5, 5.41) is 5.24. The molecule has 7 nitrogen and oxygen atoms in total. The maximum absolute atomic E-state index is 12.9. The second kappa shape index (κ2) is 7.67. The van der Waals surface area contributed by atoms with Gasteiger partial charge in [-0.25, -0.2) is 0 Å². The van der Waals surface area contributed by atoms with Crippen LogP contribution in [-0.2, 0) is 0 Å². The standard InChI is InChI=1S/C23H22N4O3/c1-29-20-9-5-3-7-17(20)22-25-21(26-30-22)15-10-12-27(13-11-15)23(28)19-14-16-6-2-4-8-18(16)24-19/h2-9,14-15,24H,10-13H2,1H3. The molecule has 1 fully saturated rings. The van der Waals surface area contributed by atoms with Gasteiger partial charge >= 0.3 is 0 Å². The van der Waals surface area contributed by atoms with Crippen LogP contribution in [0.1, 0.15) is 35.1 Å². The maximum atomic E-state index is 12.9. The molecular formula is C23H22N4O3. The molecule has 1 aliphatic heterocycles. The van der Waals surface area contributed by atoms with Gasteiger partial charge in [-0.1, -0.05) is 35.5 Å². The monoisotopic (exact) mass is 402 g/mol. The number of para-hydroxylation sites is 2. The molecule has 0 atom stereocenters. The summed E-state index contributed by atoms with van der Waals surface area (Å²) in [6.07, 6.45) is 1.60. The molecule has 152 valence electrons. The molecule has 2 aromatic heterocycles. The molecule has 4 aromatic rings. The quantitative estimate of drug-likeness (QED) is 0.552. The van der Waals surface area contributed by atoms with E-state index in [4.69, 9.17) is 9.26 Å². The third kappa shape index (κ3) is 3.32. The van der Waals surface area contributed by atoms with E-state index in [1.807, 2.05) is 59.5 Å². The summed E-state index contributed by atoms with van der Waals surface area (Å²) in [5.41, 5.74) is 2.39. The third-order valence-electron chi connectivity index (χ3n) is 5.69. The molecule has 1 amide bonds. The van der Waals surface area contributed by atoms with E-state index in [-0.39, 0.29) is 11.8 Å². The van der Waals surface area contributed by atoms with Crippen molar-refractivity contribution in [1.82, 2.24) is 20.0 Å². The SMILES string of the molecule is COc1ccccc1-c1nc(C2CCN(C(=O)c3cc4ccccc4[nH]3)CC2)no1. The van der Waals surface area contributed by atoms with Crippen molar-refractivity contribution in [2.24, 2.45) is 0 Å². The number of ether oxygens (including phenoxy) is 1. The number of amides is 1. The summed E-state index contributed by atoms with van der Waals surface area (Å²) in [6, 6.07) is 17.4. The predicted molar refractivity (Wildman–Crippen MR) is 112 cm³/mol. The molecule has 0 spiro atoms. The zero-order valence-electron chi connectivity index (χ0n) is 16.7. The number of aromatic nitrogens is 3. The van der Waals surface area contributed by atoms with Crippen LogP contribution in [-0.4, -0.2) is 46.1 Å². The summed E-state index contributed by atoms with van der Waals surface area (Å²) in [7, 11) is 1.62. The highest BCUT2D eigenvalue weighted by Crippen LogP contribution is 2.32. The van der Waals surface area contributed by atoms with E-state index < -0.39 is 0 Å². The normalized spacial score (nSPS) is 14.9. The number of rotatable bonds is 4. The number of methoxy groups -OCH3 is 1. The Morgan fingerprint density at radius 2 is 1.90 bits per heavy atom. The maximum Gasteiger partial charge on any atom is 0.270 e. The molecule has 1 aliphatic rings. The molecule has 0 radical (unpaired) electrons. The average molecular weight is 402 g/mol. The lowest BCUT2D eigenvalue weighted by Gasteiger charge is -2.30. The summed E-state index contributed by atoms with van der Waals surface area (Å²) >= 11 is 0. The Morgan fingerprint density at radius 1 is 1.13 bits per heavy atom. The summed E-state index contributed by atoms with van der Waals surface area (Å²) in [4.78, 5) is 22.6. The Labute approximate surface area is 173 Å². The van der Waals surface area contributed by atoms with Crippen LogP contribution in [0.4, 0.5) is 0 Å². The molecule has 0 unspecified atom stereocenters. The minimum atomic E-state index is 0.0347. The van der Waals surface area contributed by atoms with Crippen LogP contribution in [0.5, 0.6) is 5.75 Å². The van der Waals surface area contributed by atoms with Crippen LogP contribution in [0, 0.1) is 0 Å². The lowest BCUT2D eigenvalue weighted by atomic mass is 9.96. The van der Waals surface area contributed by atoms with Crippen LogP contribution in [0.15, 0.2) is 59.1 Å². The zero-order valence-corrected chi connectivity index (χ0v) is 16.7. The van der Waals surface area contributed by atoms with Crippen LogP contribution >= 0.6 is 0 Å². The molecule has 0 bridgehead atoms. The third-order valence-corrected chi connectivity index (χ3v) is 5.69. The van der Waals surface area contributed by atoms with Gasteiger partial charge < -0.3 is 19.1 Å². The fraction of sp³-hybridized carbons (Fsp3) is 0.261. The summed E-state index contributed by atoms with van der Waals surface area (Å²) in [5.74, 6) is 2.05. The smallest absolute Gasteiger partial charge is 0.270 e. The van der Waals surface area contributed by atoms with Crippen molar-refractivity contribution in [2.75, 3.05) is 20.2 Å². The summed E-state index contributed by atoms with van der Waals surface area (Å²) in [6.45, 7) is 1.33. The van der Waals surface area contributed by atoms with E-state index >= 15 is 0 Å². The minimum absolute atomic E-state index is 0.0347. The van der Waals surface area contributed by atoms with E-state index in [1.165, 1.54) is 0 Å². The lowest BCUT2D eigenvalue weighted by molar-refractivity contribution is 0.0705. The van der Waals surface area contributed by atoms with Crippen molar-refractivity contribution in [1.29, 1.82) is 0 Å². The fourth-order valence-corrected chi connectivity index (χ4v) is 4.03. The van der Waals surface area contributed by atoms with Gasteiger partial charge in [-0.3, -0.25) is 4.79 Å². The van der Waals surface area contributed by atoms with Gasteiger partial charge in [-0.2, -0.15) is 4.98 Å². The van der Waals surface area contributed by atoms with Crippen LogP contribution in [0.3, 0.4) is 0 Å². The number of hydrogen-bond acceptors (Lipinski definition) is 5. The Bertz CT molecular complexity index is 1150. The molecule has 1 N–H and O–H groups in total. The number of carbonyl (C=O) groups excluding carboxylic acids is 1. The van der Waals surface area contributed by atoms with Gasteiger partial charge in [-0.15, -0.1) is 0 Å². The van der Waals surface area contributed by atoms with Crippen molar-refractivity contribution in [3.8, 4) is 17.2 Å². The Hall–Kier alpha value is -3.61. The highest BCUT2D eigenvalue weighted by molar-refractivity contribution is 5.98. The van der Waals surface area contributed by atoms with E-state index in [2.05, 4.69) is 15.1 Å². The van der Waals surface area contributed by atoms with E-state index in [0.717, 1.165) is 29.3 Å². The van der Waals surface area contributed by atoms with Gasteiger partial charge in [-0.05, 0) is 37.1 Å². The topological polar surface area (TPSA) is 84.2 Å². The highest BCUT2D eigenvalue weighted by atomic mass is 16.5. The number of nitrogens with one attached hydrogen (secondary N) is 1.